The maximum Gasteiger partial charge on any atom is 0.376 e. The molecule has 0 spiro atoms. The Kier molecular flexibility index (Phi) is 4.20. The average molecular weight is 326 g/mol. The number of ketones is 1. The number of carbonyl (C=O) groups excluding carboxylic acids is 1. The molecule has 2 N–H and O–H groups in total. The molecule has 3 rings (SSSR count). The van der Waals surface area contributed by atoms with Crippen LogP contribution < -0.4 is 9.47 Å². The van der Waals surface area contributed by atoms with Gasteiger partial charge in [-0.3, -0.25) is 4.79 Å². The molecule has 0 aliphatic carbocycles. The van der Waals surface area contributed by atoms with Crippen molar-refractivity contribution in [1.29, 1.82) is 0 Å². The Bertz CT molecular complexity index is 823. The number of benzene rings is 2. The highest BCUT2D eigenvalue weighted by Gasteiger charge is 2.21. The van der Waals surface area contributed by atoms with Gasteiger partial charge in [-0.25, -0.2) is 4.79 Å². The summed E-state index contributed by atoms with van der Waals surface area (Å²) >= 11 is 0. The van der Waals surface area contributed by atoms with Crippen molar-refractivity contribution in [1.82, 2.24) is 0 Å². The predicted octanol–water partition coefficient (Wildman–Crippen LogP) is 2.56. The van der Waals surface area contributed by atoms with Gasteiger partial charge >= 0.3 is 5.97 Å². The zero-order valence-electron chi connectivity index (χ0n) is 12.6. The number of rotatable bonds is 5. The summed E-state index contributed by atoms with van der Waals surface area (Å²) in [6, 6.07) is 12.8. The molecule has 1 aliphatic heterocycles. The molecule has 1 aliphatic rings. The van der Waals surface area contributed by atoms with Gasteiger partial charge in [-0.2, -0.15) is 0 Å². The minimum absolute atomic E-state index is 0.0686. The van der Waals surface area contributed by atoms with E-state index in [1.807, 2.05) is 30.3 Å². The fraction of sp³-hybridized carbons (Fsp3) is 0.111. The largest absolute Gasteiger partial charge is 0.507 e. The van der Waals surface area contributed by atoms with Crippen LogP contribution in [-0.2, 0) is 16.0 Å². The third kappa shape index (κ3) is 3.22. The van der Waals surface area contributed by atoms with Gasteiger partial charge in [0.15, 0.2) is 11.5 Å². The summed E-state index contributed by atoms with van der Waals surface area (Å²) in [7, 11) is 0. The number of fused-ring (bicyclic) bond motifs is 1. The first-order valence-electron chi connectivity index (χ1n) is 7.19. The second-order valence-corrected chi connectivity index (χ2v) is 5.23. The molecule has 0 saturated heterocycles. The zero-order chi connectivity index (χ0) is 17.1. The monoisotopic (exact) mass is 326 g/mol. The molecule has 2 aromatic carbocycles. The van der Waals surface area contributed by atoms with E-state index in [9.17, 15) is 14.7 Å². The number of hydrogen-bond donors (Lipinski definition) is 2. The van der Waals surface area contributed by atoms with Crippen LogP contribution in [0.4, 0.5) is 0 Å². The summed E-state index contributed by atoms with van der Waals surface area (Å²) in [5, 5.41) is 18.7. The maximum atomic E-state index is 11.2. The highest BCUT2D eigenvalue weighted by atomic mass is 16.7. The zero-order valence-corrected chi connectivity index (χ0v) is 12.6. The number of ether oxygens (including phenoxy) is 2. The summed E-state index contributed by atoms with van der Waals surface area (Å²) in [5.74, 6) is -2.24. The fourth-order valence-corrected chi connectivity index (χ4v) is 2.45. The van der Waals surface area contributed by atoms with Crippen LogP contribution in [0.15, 0.2) is 48.5 Å². The Hall–Kier alpha value is -3.28. The van der Waals surface area contributed by atoms with E-state index in [-0.39, 0.29) is 6.79 Å². The number of carboxylic acids is 1. The second kappa shape index (κ2) is 6.45. The van der Waals surface area contributed by atoms with Gasteiger partial charge in [0, 0.05) is 23.6 Å². The lowest BCUT2D eigenvalue weighted by molar-refractivity contribution is -0.146. The van der Waals surface area contributed by atoms with Crippen LogP contribution in [0.2, 0.25) is 0 Å². The van der Waals surface area contributed by atoms with E-state index in [0.717, 1.165) is 11.1 Å². The van der Waals surface area contributed by atoms with E-state index in [1.54, 1.807) is 6.07 Å². The minimum Gasteiger partial charge on any atom is -0.507 e. The lowest BCUT2D eigenvalue weighted by Crippen LogP contribution is -2.09. The van der Waals surface area contributed by atoms with Crippen molar-refractivity contribution in [3.8, 4) is 11.5 Å². The minimum atomic E-state index is -1.63. The molecule has 0 unspecified atom stereocenters. The molecule has 2 aromatic rings. The van der Waals surface area contributed by atoms with Crippen molar-refractivity contribution in [3.05, 3.63) is 65.2 Å². The number of hydrogen-bond acceptors (Lipinski definition) is 5. The molecular weight excluding hydrogens is 312 g/mol. The smallest absolute Gasteiger partial charge is 0.376 e. The molecule has 0 aromatic heterocycles. The van der Waals surface area contributed by atoms with Crippen molar-refractivity contribution in [3.63, 3.8) is 0 Å². The molecular formula is C18H14O6. The number of carboxylic acid groups (broad SMARTS) is 1. The topological polar surface area (TPSA) is 93.1 Å². The van der Waals surface area contributed by atoms with Crippen LogP contribution in [0.1, 0.15) is 16.7 Å². The van der Waals surface area contributed by atoms with Gasteiger partial charge < -0.3 is 19.7 Å². The normalized spacial score (nSPS) is 12.9. The first-order chi connectivity index (χ1) is 11.5. The van der Waals surface area contributed by atoms with E-state index in [2.05, 4.69) is 0 Å². The van der Waals surface area contributed by atoms with E-state index < -0.39 is 17.5 Å². The predicted molar refractivity (Wildman–Crippen MR) is 85.1 cm³/mol. The number of aliphatic hydroxyl groups excluding tert-OH is 1. The molecule has 24 heavy (non-hydrogen) atoms. The molecule has 6 heteroatoms. The van der Waals surface area contributed by atoms with E-state index >= 15 is 0 Å². The molecule has 0 radical (unpaired) electrons. The van der Waals surface area contributed by atoms with Crippen LogP contribution >= 0.6 is 0 Å². The first kappa shape index (κ1) is 15.6. The van der Waals surface area contributed by atoms with Gasteiger partial charge in [0.1, 0.15) is 5.76 Å². The van der Waals surface area contributed by atoms with E-state index in [1.165, 1.54) is 6.07 Å². The van der Waals surface area contributed by atoms with Gasteiger partial charge in [0.2, 0.25) is 6.79 Å². The first-order valence-corrected chi connectivity index (χ1v) is 7.19. The van der Waals surface area contributed by atoms with Crippen molar-refractivity contribution in [2.45, 2.75) is 6.42 Å². The van der Waals surface area contributed by atoms with Crippen molar-refractivity contribution in [2.75, 3.05) is 6.79 Å². The Morgan fingerprint density at radius 1 is 1.08 bits per heavy atom. The summed E-state index contributed by atoms with van der Waals surface area (Å²) in [6.45, 7) is 0.0686. The van der Waals surface area contributed by atoms with E-state index in [0.29, 0.717) is 29.6 Å². The van der Waals surface area contributed by atoms with Crippen LogP contribution in [0.5, 0.6) is 11.5 Å². The van der Waals surface area contributed by atoms with Crippen LogP contribution in [0.25, 0.3) is 5.76 Å². The highest BCUT2D eigenvalue weighted by Crippen LogP contribution is 2.39. The third-order valence-electron chi connectivity index (χ3n) is 3.56. The van der Waals surface area contributed by atoms with Crippen LogP contribution in [0.3, 0.4) is 0 Å². The summed E-state index contributed by atoms with van der Waals surface area (Å²) in [5.41, 5.74) is 2.10. The van der Waals surface area contributed by atoms with Crippen molar-refractivity contribution < 1.29 is 29.3 Å². The van der Waals surface area contributed by atoms with Crippen molar-refractivity contribution in [2.24, 2.45) is 0 Å². The lowest BCUT2D eigenvalue weighted by Gasteiger charge is -2.09. The number of carbonyl (C=O) groups is 2. The van der Waals surface area contributed by atoms with Crippen molar-refractivity contribution >= 4 is 17.5 Å². The van der Waals surface area contributed by atoms with Gasteiger partial charge in [-0.15, -0.1) is 0 Å². The van der Waals surface area contributed by atoms with E-state index in [4.69, 9.17) is 14.6 Å². The Labute approximate surface area is 137 Å². The SMILES string of the molecule is O=C(O)C(=O)C=C(O)c1cc(Cc2ccccc2)c2c(c1)OCO2. The maximum absolute atomic E-state index is 11.2. The summed E-state index contributed by atoms with van der Waals surface area (Å²) in [4.78, 5) is 21.9. The molecule has 1 heterocycles. The van der Waals surface area contributed by atoms with Gasteiger partial charge in [-0.05, 0) is 17.7 Å². The molecule has 0 bridgehead atoms. The molecule has 6 nitrogen and oxygen atoms in total. The lowest BCUT2D eigenvalue weighted by atomic mass is 10.00. The van der Waals surface area contributed by atoms with Crippen LogP contribution in [0, 0.1) is 0 Å². The Morgan fingerprint density at radius 3 is 2.54 bits per heavy atom. The van der Waals surface area contributed by atoms with Gasteiger partial charge in [0.05, 0.1) is 0 Å². The average Bonchev–Trinajstić information content (AvgIpc) is 3.04. The molecule has 0 amide bonds. The fourth-order valence-electron chi connectivity index (χ4n) is 2.45. The molecule has 0 atom stereocenters. The van der Waals surface area contributed by atoms with Gasteiger partial charge in [-0.1, -0.05) is 30.3 Å². The number of aliphatic carboxylic acids is 1. The molecule has 0 fully saturated rings. The Morgan fingerprint density at radius 2 is 1.83 bits per heavy atom. The second-order valence-electron chi connectivity index (χ2n) is 5.23. The molecule has 122 valence electrons. The van der Waals surface area contributed by atoms with Gasteiger partial charge in [0.25, 0.3) is 5.78 Å². The third-order valence-corrected chi connectivity index (χ3v) is 3.56. The number of aliphatic hydroxyl groups is 1. The Balaban J connectivity index is 1.99. The molecule has 0 saturated carbocycles. The highest BCUT2D eigenvalue weighted by molar-refractivity contribution is 6.38. The quantitative estimate of drug-likeness (QED) is 0.498. The summed E-state index contributed by atoms with van der Waals surface area (Å²) in [6.07, 6.45) is 1.21. The van der Waals surface area contributed by atoms with Crippen LogP contribution in [-0.4, -0.2) is 28.8 Å². The summed E-state index contributed by atoms with van der Waals surface area (Å²) < 4.78 is 10.8. The standard InChI is InChI=1S/C18H14O6/c19-14(9-15(20)18(21)22)12-7-13(6-11-4-2-1-3-5-11)17-16(8-12)23-10-24-17/h1-5,7-9,19H,6,10H2,(H,21,22).